The van der Waals surface area contributed by atoms with Gasteiger partial charge in [0.2, 0.25) is 0 Å². The van der Waals surface area contributed by atoms with Crippen molar-refractivity contribution >= 4 is 40.3 Å². The van der Waals surface area contributed by atoms with Crippen LogP contribution in [0.1, 0.15) is 16.7 Å². The molecule has 1 saturated heterocycles. The van der Waals surface area contributed by atoms with Gasteiger partial charge in [0.25, 0.3) is 5.91 Å². The molecule has 0 aliphatic carbocycles. The molecule has 1 aliphatic heterocycles. The first-order valence-corrected chi connectivity index (χ1v) is 9.81. The lowest BCUT2D eigenvalue weighted by atomic mass is 10.1. The number of thioether (sulfide) groups is 1. The molecule has 2 aromatic carbocycles. The topological polar surface area (TPSA) is 38.8 Å². The fourth-order valence-electron chi connectivity index (χ4n) is 2.63. The molecule has 0 saturated carbocycles. The van der Waals surface area contributed by atoms with E-state index in [2.05, 4.69) is 13.0 Å². The van der Waals surface area contributed by atoms with E-state index in [1.165, 1.54) is 22.2 Å². The number of benzene rings is 2. The van der Waals surface area contributed by atoms with E-state index in [4.69, 9.17) is 21.7 Å². The minimum atomic E-state index is -0.0612. The van der Waals surface area contributed by atoms with E-state index in [0.717, 1.165) is 22.6 Å². The van der Waals surface area contributed by atoms with Crippen molar-refractivity contribution in [2.75, 3.05) is 20.3 Å². The zero-order chi connectivity index (χ0) is 19.4. The third-order valence-corrected chi connectivity index (χ3v) is 5.59. The SMILES string of the molecule is Cc1ccc(OCCOc2ccc(/C=C3\SC(=S)N(C)C3=O)cc2)c(C)c1. The van der Waals surface area contributed by atoms with Crippen molar-refractivity contribution in [3.63, 3.8) is 0 Å². The normalized spacial score (nSPS) is 15.5. The number of carbonyl (C=O) groups excluding carboxylic acids is 1. The van der Waals surface area contributed by atoms with Gasteiger partial charge in [0.05, 0.1) is 4.91 Å². The molecule has 0 radical (unpaired) electrons. The zero-order valence-electron chi connectivity index (χ0n) is 15.5. The number of thiocarbonyl (C=S) groups is 1. The standard InChI is InChI=1S/C21H21NO3S2/c1-14-4-9-18(15(2)12-14)25-11-10-24-17-7-5-16(6-8-17)13-19-20(23)22(3)21(26)27-19/h4-9,12-13H,10-11H2,1-3H3/b19-13-. The van der Waals surface area contributed by atoms with E-state index in [9.17, 15) is 4.79 Å². The van der Waals surface area contributed by atoms with Crippen molar-refractivity contribution in [2.24, 2.45) is 0 Å². The summed E-state index contributed by atoms with van der Waals surface area (Å²) in [6.45, 7) is 5.04. The number of likely N-dealkylation sites (N-methyl/N-ethyl adjacent to an activating group) is 1. The monoisotopic (exact) mass is 399 g/mol. The Kier molecular flexibility index (Phi) is 6.19. The highest BCUT2D eigenvalue weighted by atomic mass is 32.2. The molecule has 0 N–H and O–H groups in total. The largest absolute Gasteiger partial charge is 0.490 e. The summed E-state index contributed by atoms with van der Waals surface area (Å²) in [5.74, 6) is 1.58. The molecule has 0 bridgehead atoms. The maximum atomic E-state index is 12.0. The van der Waals surface area contributed by atoms with Crippen LogP contribution in [0.2, 0.25) is 0 Å². The smallest absolute Gasteiger partial charge is 0.265 e. The first-order valence-electron chi connectivity index (χ1n) is 8.58. The summed E-state index contributed by atoms with van der Waals surface area (Å²) in [4.78, 5) is 14.2. The van der Waals surface area contributed by atoms with E-state index < -0.39 is 0 Å². The van der Waals surface area contributed by atoms with Crippen LogP contribution in [-0.2, 0) is 4.79 Å². The number of rotatable bonds is 6. The number of hydrogen-bond donors (Lipinski definition) is 0. The number of nitrogens with zero attached hydrogens (tertiary/aromatic N) is 1. The highest BCUT2D eigenvalue weighted by Crippen LogP contribution is 2.31. The third-order valence-electron chi connectivity index (χ3n) is 4.10. The van der Waals surface area contributed by atoms with Gasteiger partial charge in [0.15, 0.2) is 0 Å². The van der Waals surface area contributed by atoms with Gasteiger partial charge < -0.3 is 9.47 Å². The molecular formula is C21H21NO3S2. The molecule has 0 unspecified atom stereocenters. The van der Waals surface area contributed by atoms with Crippen molar-refractivity contribution in [1.29, 1.82) is 0 Å². The molecule has 1 fully saturated rings. The lowest BCUT2D eigenvalue weighted by Gasteiger charge is -2.11. The maximum Gasteiger partial charge on any atom is 0.265 e. The van der Waals surface area contributed by atoms with E-state index >= 15 is 0 Å². The van der Waals surface area contributed by atoms with Crippen molar-refractivity contribution in [2.45, 2.75) is 13.8 Å². The second kappa shape index (κ2) is 8.59. The zero-order valence-corrected chi connectivity index (χ0v) is 17.2. The first-order chi connectivity index (χ1) is 12.9. The van der Waals surface area contributed by atoms with Crippen molar-refractivity contribution in [3.8, 4) is 11.5 Å². The molecule has 0 atom stereocenters. The maximum absolute atomic E-state index is 12.0. The fourth-order valence-corrected chi connectivity index (χ4v) is 3.81. The van der Waals surface area contributed by atoms with E-state index in [1.54, 1.807) is 7.05 Å². The molecular weight excluding hydrogens is 378 g/mol. The highest BCUT2D eigenvalue weighted by Gasteiger charge is 2.28. The number of amides is 1. The Labute approximate surface area is 169 Å². The molecule has 27 heavy (non-hydrogen) atoms. The van der Waals surface area contributed by atoms with Gasteiger partial charge in [0.1, 0.15) is 29.0 Å². The molecule has 1 heterocycles. The molecule has 0 spiro atoms. The van der Waals surface area contributed by atoms with Crippen molar-refractivity contribution < 1.29 is 14.3 Å². The molecule has 6 heteroatoms. The third kappa shape index (κ3) is 4.90. The molecule has 3 rings (SSSR count). The molecule has 1 aliphatic rings. The van der Waals surface area contributed by atoms with Gasteiger partial charge in [-0.05, 0) is 49.2 Å². The fraction of sp³-hybridized carbons (Fsp3) is 0.238. The van der Waals surface area contributed by atoms with Crippen LogP contribution in [-0.4, -0.2) is 35.4 Å². The predicted octanol–water partition coefficient (Wildman–Crippen LogP) is 4.59. The van der Waals surface area contributed by atoms with Gasteiger partial charge in [-0.3, -0.25) is 9.69 Å². The van der Waals surface area contributed by atoms with E-state index in [0.29, 0.717) is 22.4 Å². The van der Waals surface area contributed by atoms with Gasteiger partial charge in [0, 0.05) is 7.05 Å². The van der Waals surface area contributed by atoms with Crippen LogP contribution in [0.25, 0.3) is 6.08 Å². The lowest BCUT2D eigenvalue weighted by Crippen LogP contribution is -2.22. The summed E-state index contributed by atoms with van der Waals surface area (Å²) in [5, 5.41) is 0. The molecule has 1 amide bonds. The lowest BCUT2D eigenvalue weighted by molar-refractivity contribution is -0.121. The molecule has 2 aromatic rings. The summed E-state index contributed by atoms with van der Waals surface area (Å²) in [7, 11) is 1.69. The van der Waals surface area contributed by atoms with Gasteiger partial charge in [-0.25, -0.2) is 0 Å². The Balaban J connectivity index is 1.51. The van der Waals surface area contributed by atoms with Crippen molar-refractivity contribution in [1.82, 2.24) is 4.90 Å². The van der Waals surface area contributed by atoms with Crippen LogP contribution in [0.4, 0.5) is 0 Å². The van der Waals surface area contributed by atoms with Crippen LogP contribution in [0.15, 0.2) is 47.4 Å². The molecule has 0 aromatic heterocycles. The second-order valence-corrected chi connectivity index (χ2v) is 7.95. The Hall–Kier alpha value is -2.31. The Bertz CT molecular complexity index is 891. The van der Waals surface area contributed by atoms with Crippen LogP contribution in [0.3, 0.4) is 0 Å². The first kappa shape index (κ1) is 19.5. The minimum absolute atomic E-state index is 0.0612. The number of aryl methyl sites for hydroxylation is 2. The summed E-state index contributed by atoms with van der Waals surface area (Å²) in [6, 6.07) is 13.7. The van der Waals surface area contributed by atoms with Crippen LogP contribution in [0.5, 0.6) is 11.5 Å². The number of hydrogen-bond acceptors (Lipinski definition) is 5. The summed E-state index contributed by atoms with van der Waals surface area (Å²) in [5.41, 5.74) is 3.28. The predicted molar refractivity (Wildman–Crippen MR) is 114 cm³/mol. The summed E-state index contributed by atoms with van der Waals surface area (Å²) in [6.07, 6.45) is 1.84. The Morgan fingerprint density at radius 3 is 2.41 bits per heavy atom. The van der Waals surface area contributed by atoms with E-state index in [-0.39, 0.29) is 5.91 Å². The average Bonchev–Trinajstić information content (AvgIpc) is 2.88. The number of ether oxygens (including phenoxy) is 2. The van der Waals surface area contributed by atoms with Crippen LogP contribution >= 0.6 is 24.0 Å². The number of carbonyl (C=O) groups is 1. The average molecular weight is 400 g/mol. The van der Waals surface area contributed by atoms with Gasteiger partial charge in [-0.15, -0.1) is 0 Å². The summed E-state index contributed by atoms with van der Waals surface area (Å²) >= 11 is 6.46. The van der Waals surface area contributed by atoms with Crippen LogP contribution < -0.4 is 9.47 Å². The molecule has 4 nitrogen and oxygen atoms in total. The van der Waals surface area contributed by atoms with E-state index in [1.807, 2.05) is 49.4 Å². The Morgan fingerprint density at radius 1 is 1.07 bits per heavy atom. The Morgan fingerprint density at radius 2 is 1.78 bits per heavy atom. The minimum Gasteiger partial charge on any atom is -0.490 e. The molecule has 140 valence electrons. The van der Waals surface area contributed by atoms with Crippen LogP contribution in [0, 0.1) is 13.8 Å². The second-order valence-electron chi connectivity index (χ2n) is 6.28. The van der Waals surface area contributed by atoms with Gasteiger partial charge in [-0.1, -0.05) is 53.8 Å². The quantitative estimate of drug-likeness (QED) is 0.403. The highest BCUT2D eigenvalue weighted by molar-refractivity contribution is 8.26. The van der Waals surface area contributed by atoms with Gasteiger partial charge >= 0.3 is 0 Å². The summed E-state index contributed by atoms with van der Waals surface area (Å²) < 4.78 is 12.1. The van der Waals surface area contributed by atoms with Crippen molar-refractivity contribution in [3.05, 3.63) is 64.1 Å². The van der Waals surface area contributed by atoms with Gasteiger partial charge in [-0.2, -0.15) is 0 Å².